The second kappa shape index (κ2) is 21.8. The van der Waals surface area contributed by atoms with Gasteiger partial charge >= 0.3 is 0 Å². The first-order chi connectivity index (χ1) is 7.42. The molecule has 0 fully saturated rings. The molecular weight excluding hydrogens is 485 g/mol. The molecule has 0 nitrogen and oxygen atoms in total. The van der Waals surface area contributed by atoms with Gasteiger partial charge in [0.05, 0.1) is 11.2 Å². The van der Waals surface area contributed by atoms with Crippen LogP contribution in [0.15, 0.2) is 0 Å². The van der Waals surface area contributed by atoms with Crippen molar-refractivity contribution in [3.05, 3.63) is 0 Å². The van der Waals surface area contributed by atoms with Crippen LogP contribution < -0.4 is 0 Å². The van der Waals surface area contributed by atoms with Crippen LogP contribution in [0.2, 0.25) is 0 Å². The lowest BCUT2D eigenvalue weighted by Gasteiger charge is -1.91. The molecule has 0 aromatic rings. The van der Waals surface area contributed by atoms with Crippen molar-refractivity contribution in [2.75, 3.05) is 11.2 Å². The molecule has 0 saturated heterocycles. The average Bonchev–Trinajstić information content (AvgIpc) is 2.01. The predicted molar refractivity (Wildman–Crippen MR) is 90.3 cm³/mol. The quantitative estimate of drug-likeness (QED) is 0.326. The largest absolute Gasteiger partial charge is 0.266 e. The Balaban J connectivity index is -0.0000000676. The van der Waals surface area contributed by atoms with Gasteiger partial charge in [-0.3, -0.25) is 0 Å². The van der Waals surface area contributed by atoms with Gasteiger partial charge in [-0.25, -0.2) is 0 Å². The van der Waals surface area contributed by atoms with Gasteiger partial charge in [0.1, 0.15) is 4.84 Å². The molecule has 0 aliphatic heterocycles. The van der Waals surface area contributed by atoms with Crippen molar-refractivity contribution in [3.63, 3.8) is 0 Å². The molecule has 0 bridgehead atoms. The van der Waals surface area contributed by atoms with Crippen LogP contribution in [-0.4, -0.2) is 23.6 Å². The molecule has 0 aliphatic carbocycles. The summed E-state index contributed by atoms with van der Waals surface area (Å²) in [6, 6.07) is 0. The maximum Gasteiger partial charge on any atom is 0.266 e. The molecule has 0 heterocycles. The SMILES string of the molecule is ClC(Cl)(Cl)Cl.ClC(Cl)Cl.ClCC(Cl)Cl.ClCCl. The minimum absolute atomic E-state index is 0.194. The first kappa shape index (κ1) is 28.6. The lowest BCUT2D eigenvalue weighted by atomic mass is 10.9. The zero-order chi connectivity index (χ0) is 15.1. The molecule has 0 unspecified atom stereocenters. The van der Waals surface area contributed by atoms with Crippen LogP contribution >= 0.6 is 139 Å². The fourth-order valence-electron chi connectivity index (χ4n) is 0. The van der Waals surface area contributed by atoms with E-state index in [0.717, 1.165) is 0 Å². The lowest BCUT2D eigenvalue weighted by Crippen LogP contribution is -1.82. The van der Waals surface area contributed by atoms with Crippen molar-refractivity contribution in [2.24, 2.45) is 0 Å². The van der Waals surface area contributed by atoms with Crippen LogP contribution in [-0.2, 0) is 0 Å². The van der Waals surface area contributed by atoms with Crippen molar-refractivity contribution in [1.82, 2.24) is 0 Å². The third-order valence-electron chi connectivity index (χ3n) is 0.117. The van der Waals surface area contributed by atoms with Crippen molar-refractivity contribution in [2.45, 2.75) is 12.4 Å². The second-order valence-corrected chi connectivity index (χ2v) is 9.12. The van der Waals surface area contributed by atoms with E-state index in [4.69, 9.17) is 139 Å². The molecule has 0 aromatic carbocycles. The molecule has 0 saturated carbocycles. The first-order valence-electron chi connectivity index (χ1n) is 3.06. The Morgan fingerprint density at radius 3 is 0.765 bits per heavy atom. The molecule has 0 amide bonds. The third-order valence-corrected chi connectivity index (χ3v) is 1.05. The van der Waals surface area contributed by atoms with E-state index < -0.39 is 12.4 Å². The van der Waals surface area contributed by atoms with Gasteiger partial charge in [-0.2, -0.15) is 0 Å². The zero-order valence-corrected chi connectivity index (χ0v) is 16.7. The summed E-state index contributed by atoms with van der Waals surface area (Å²) in [6.07, 6.45) is 0. The topological polar surface area (TPSA) is 0 Å². The highest BCUT2D eigenvalue weighted by molar-refractivity contribution is 6.83. The molecule has 17 heavy (non-hydrogen) atoms. The molecule has 0 aliphatic rings. The highest BCUT2D eigenvalue weighted by Gasteiger charge is 2.11. The van der Waals surface area contributed by atoms with Crippen molar-refractivity contribution >= 4 is 139 Å². The highest BCUT2D eigenvalue weighted by atomic mass is 35.6. The van der Waals surface area contributed by atoms with E-state index in [9.17, 15) is 0 Å². The number of hydrogen-bond acceptors (Lipinski definition) is 0. The normalized spacial score (nSPS) is 9.53. The van der Waals surface area contributed by atoms with Gasteiger partial charge in [0, 0.05) is 0 Å². The van der Waals surface area contributed by atoms with Gasteiger partial charge in [0.2, 0.25) is 0 Å². The third kappa shape index (κ3) is 198. The van der Waals surface area contributed by atoms with Gasteiger partial charge in [-0.1, -0.05) is 81.2 Å². The summed E-state index contributed by atoms with van der Waals surface area (Å²) in [4.78, 5) is -0.406. The van der Waals surface area contributed by atoms with Gasteiger partial charge in [-0.05, 0) is 0 Å². The van der Waals surface area contributed by atoms with Crippen molar-refractivity contribution in [3.8, 4) is 0 Å². The summed E-state index contributed by atoms with van der Waals surface area (Å²) in [7, 11) is 0. The number of halogens is 12. The Hall–Kier alpha value is 3.48. The summed E-state index contributed by atoms with van der Waals surface area (Å²) in [5, 5.41) is 0.194. The van der Waals surface area contributed by atoms with Gasteiger partial charge in [-0.15, -0.1) is 58.0 Å². The summed E-state index contributed by atoms with van der Waals surface area (Å²) in [5.41, 5.74) is 0. The van der Waals surface area contributed by atoms with E-state index in [1.54, 1.807) is 0 Å². The minimum atomic E-state index is -1.61. The maximum atomic E-state index is 5.10. The lowest BCUT2D eigenvalue weighted by molar-refractivity contribution is 1.40. The number of alkyl halides is 12. The summed E-state index contributed by atoms with van der Waals surface area (Å²) < 4.78 is -2.36. The average molecular weight is 492 g/mol. The maximum absolute atomic E-state index is 5.10. The molecule has 0 N–H and O–H groups in total. The fourth-order valence-corrected chi connectivity index (χ4v) is 0. The van der Waals surface area contributed by atoms with Crippen LogP contribution in [0.4, 0.5) is 0 Å². The van der Waals surface area contributed by atoms with E-state index in [0.29, 0.717) is 5.88 Å². The number of hydrogen-bond donors (Lipinski definition) is 0. The van der Waals surface area contributed by atoms with Crippen LogP contribution in [0.1, 0.15) is 0 Å². The Labute approximate surface area is 161 Å². The molecule has 0 radical (unpaired) electrons. The molecular formula is C5H6Cl12. The van der Waals surface area contributed by atoms with Gasteiger partial charge in [0.25, 0.3) is 3.25 Å². The molecule has 0 rings (SSSR count). The summed E-state index contributed by atoms with van der Waals surface area (Å²) in [6.45, 7) is 0. The fraction of sp³-hybridized carbons (Fsp3) is 1.00. The Morgan fingerprint density at radius 1 is 0.706 bits per heavy atom. The monoisotopic (exact) mass is 486 g/mol. The van der Waals surface area contributed by atoms with E-state index in [1.807, 2.05) is 0 Å². The Kier molecular flexibility index (Phi) is 36.6. The van der Waals surface area contributed by atoms with E-state index in [1.165, 1.54) is 0 Å². The van der Waals surface area contributed by atoms with Crippen LogP contribution in [0.25, 0.3) is 0 Å². The van der Waals surface area contributed by atoms with E-state index in [-0.39, 0.29) is 5.34 Å². The molecule has 0 aromatic heterocycles. The first-order valence-corrected chi connectivity index (χ1v) is 8.35. The minimum Gasteiger partial charge on any atom is -0.124 e. The smallest absolute Gasteiger partial charge is 0.124 e. The summed E-state index contributed by atoms with van der Waals surface area (Å²) in [5.74, 6) is 0.309. The zero-order valence-electron chi connectivity index (χ0n) is 7.60. The van der Waals surface area contributed by atoms with E-state index in [2.05, 4.69) is 0 Å². The van der Waals surface area contributed by atoms with Crippen LogP contribution in [0, 0.1) is 0 Å². The van der Waals surface area contributed by atoms with Gasteiger partial charge < -0.3 is 0 Å². The van der Waals surface area contributed by atoms with Crippen molar-refractivity contribution < 1.29 is 0 Å². The standard InChI is InChI=1S/C2H3Cl3.CCl4.CHCl3.CH2Cl2/c3-1-2(4)5;2-1(3,4)5;2-1(3)4;2-1-3/h2H,1H2;;1H;1H2. The van der Waals surface area contributed by atoms with Gasteiger partial charge in [0.15, 0.2) is 4.30 Å². The Morgan fingerprint density at radius 2 is 0.765 bits per heavy atom. The molecule has 0 atom stereocenters. The molecule has 12 heteroatoms. The number of rotatable bonds is 1. The van der Waals surface area contributed by atoms with Crippen molar-refractivity contribution in [1.29, 1.82) is 0 Å². The molecule has 0 spiro atoms. The highest BCUT2D eigenvalue weighted by Crippen LogP contribution is 2.29. The van der Waals surface area contributed by atoms with E-state index >= 15 is 0 Å². The summed E-state index contributed by atoms with van der Waals surface area (Å²) >= 11 is 58.5. The second-order valence-electron chi connectivity index (χ2n) is 1.32. The van der Waals surface area contributed by atoms with Crippen LogP contribution in [0.5, 0.6) is 0 Å². The van der Waals surface area contributed by atoms with Crippen LogP contribution in [0.3, 0.4) is 0 Å². The Bertz CT molecular complexity index is 99.2. The predicted octanol–water partition coefficient (Wildman–Crippen LogP) is 7.99. The molecule has 110 valence electrons.